The Labute approximate surface area is 233 Å². The van der Waals surface area contributed by atoms with Crippen molar-refractivity contribution in [3.63, 3.8) is 0 Å². The Morgan fingerprint density at radius 1 is 1.00 bits per heavy atom. The van der Waals surface area contributed by atoms with Gasteiger partial charge < -0.3 is 14.8 Å². The van der Waals surface area contributed by atoms with Crippen LogP contribution in [0.15, 0.2) is 48.5 Å². The largest absolute Gasteiger partial charge is 0.497 e. The summed E-state index contributed by atoms with van der Waals surface area (Å²) < 4.78 is 10.5. The number of carbonyl (C=O) groups excluding carboxylic acids is 2. The van der Waals surface area contributed by atoms with Crippen LogP contribution in [0.5, 0.6) is 5.75 Å². The Morgan fingerprint density at radius 3 is 2.46 bits per heavy atom. The highest BCUT2D eigenvalue weighted by atomic mass is 16.5. The molecule has 2 aromatic rings. The van der Waals surface area contributed by atoms with Crippen LogP contribution >= 0.6 is 0 Å². The van der Waals surface area contributed by atoms with E-state index in [1.54, 1.807) is 14.0 Å². The van der Waals surface area contributed by atoms with Gasteiger partial charge in [-0.2, -0.15) is 0 Å². The number of amides is 1. The first-order valence-corrected chi connectivity index (χ1v) is 14.6. The number of hydrogen-bond donors (Lipinski definition) is 1. The van der Waals surface area contributed by atoms with Gasteiger partial charge in [0.2, 0.25) is 0 Å². The standard InChI is InChI=1S/C32H45N3O4/c1-5-39-30(36)11-6-7-18-33-32(37)27-16-14-26(15-17-27)31(28-9-8-10-29(19-28)38-4)35-21-23(2)34(20-24(35)3)22-25-12-13-25/h8-10,14-17,19,23-25,31H,5-7,11-13,18,20-22H2,1-4H3,(H,33,37)/t23-,24+,31-/m1/s1. The van der Waals surface area contributed by atoms with E-state index in [1.807, 2.05) is 18.2 Å². The maximum atomic E-state index is 12.8. The topological polar surface area (TPSA) is 71.1 Å². The van der Waals surface area contributed by atoms with E-state index in [-0.39, 0.29) is 17.9 Å². The molecule has 7 nitrogen and oxygen atoms in total. The van der Waals surface area contributed by atoms with Gasteiger partial charge >= 0.3 is 5.97 Å². The molecule has 0 radical (unpaired) electrons. The number of esters is 1. The Balaban J connectivity index is 1.45. The highest BCUT2D eigenvalue weighted by Gasteiger charge is 2.37. The van der Waals surface area contributed by atoms with Crippen LogP contribution in [0.1, 0.15) is 80.4 Å². The van der Waals surface area contributed by atoms with Crippen molar-refractivity contribution < 1.29 is 19.1 Å². The highest BCUT2D eigenvalue weighted by Crippen LogP contribution is 2.36. The van der Waals surface area contributed by atoms with E-state index in [2.05, 4.69) is 59.3 Å². The zero-order valence-electron chi connectivity index (χ0n) is 24.0. The second-order valence-electron chi connectivity index (χ2n) is 11.1. The molecule has 2 aromatic carbocycles. The van der Waals surface area contributed by atoms with Crippen LogP contribution in [0.4, 0.5) is 0 Å². The summed E-state index contributed by atoms with van der Waals surface area (Å²) >= 11 is 0. The summed E-state index contributed by atoms with van der Waals surface area (Å²) in [6, 6.07) is 17.3. The zero-order valence-corrected chi connectivity index (χ0v) is 24.0. The Bertz CT molecular complexity index is 1090. The van der Waals surface area contributed by atoms with Crippen LogP contribution in [0.3, 0.4) is 0 Å². The number of nitrogens with zero attached hydrogens (tertiary/aromatic N) is 2. The predicted molar refractivity (Wildman–Crippen MR) is 154 cm³/mol. The van der Waals surface area contributed by atoms with Gasteiger partial charge in [0.25, 0.3) is 5.91 Å². The minimum absolute atomic E-state index is 0.0700. The number of rotatable bonds is 13. The van der Waals surface area contributed by atoms with Gasteiger partial charge in [-0.05, 0) is 87.8 Å². The van der Waals surface area contributed by atoms with Crippen LogP contribution in [-0.2, 0) is 9.53 Å². The quantitative estimate of drug-likeness (QED) is 0.286. The first-order chi connectivity index (χ1) is 18.9. The maximum absolute atomic E-state index is 12.8. The SMILES string of the molecule is CCOC(=O)CCCCNC(=O)c1ccc([C@H](c2cccc(OC)c2)N2C[C@@H](C)N(CC3CC3)C[C@@H]2C)cc1. The van der Waals surface area contributed by atoms with Crippen LogP contribution in [0.25, 0.3) is 0 Å². The molecule has 2 fully saturated rings. The third-order valence-corrected chi connectivity index (χ3v) is 7.98. The Kier molecular flexibility index (Phi) is 10.4. The normalized spacial score (nSPS) is 20.8. The molecule has 0 spiro atoms. The molecule has 0 unspecified atom stereocenters. The fraction of sp³-hybridized carbons (Fsp3) is 0.562. The summed E-state index contributed by atoms with van der Waals surface area (Å²) in [6.07, 6.45) is 4.58. The van der Waals surface area contributed by atoms with Crippen LogP contribution in [0.2, 0.25) is 0 Å². The fourth-order valence-corrected chi connectivity index (χ4v) is 5.61. The lowest BCUT2D eigenvalue weighted by Crippen LogP contribution is -2.57. The van der Waals surface area contributed by atoms with Crippen molar-refractivity contribution in [2.45, 2.75) is 71.0 Å². The van der Waals surface area contributed by atoms with Crippen molar-refractivity contribution in [3.05, 3.63) is 65.2 Å². The van der Waals surface area contributed by atoms with Crippen molar-refractivity contribution in [3.8, 4) is 5.75 Å². The Morgan fingerprint density at radius 2 is 1.77 bits per heavy atom. The number of benzene rings is 2. The zero-order chi connectivity index (χ0) is 27.8. The minimum atomic E-state index is -0.182. The van der Waals surface area contributed by atoms with Gasteiger partial charge in [0.15, 0.2) is 0 Å². The molecular formula is C32H45N3O4. The first kappa shape index (κ1) is 29.1. The van der Waals surface area contributed by atoms with E-state index in [0.29, 0.717) is 43.6 Å². The molecule has 4 rings (SSSR count). The summed E-state index contributed by atoms with van der Waals surface area (Å²) in [6.45, 7) is 10.7. The van der Waals surface area contributed by atoms with Crippen LogP contribution in [-0.4, -0.2) is 73.7 Å². The molecule has 1 N–H and O–H groups in total. The predicted octanol–water partition coefficient (Wildman–Crippen LogP) is 5.05. The van der Waals surface area contributed by atoms with E-state index in [0.717, 1.165) is 31.2 Å². The average molecular weight is 536 g/mol. The number of unbranched alkanes of at least 4 members (excludes halogenated alkanes) is 1. The lowest BCUT2D eigenvalue weighted by molar-refractivity contribution is -0.143. The third-order valence-electron chi connectivity index (χ3n) is 7.98. The van der Waals surface area contributed by atoms with Gasteiger partial charge in [0, 0.05) is 50.2 Å². The smallest absolute Gasteiger partial charge is 0.305 e. The van der Waals surface area contributed by atoms with Gasteiger partial charge in [-0.3, -0.25) is 19.4 Å². The highest BCUT2D eigenvalue weighted by molar-refractivity contribution is 5.94. The molecule has 1 heterocycles. The molecule has 39 heavy (non-hydrogen) atoms. The summed E-state index contributed by atoms with van der Waals surface area (Å²) in [5, 5.41) is 2.98. The molecular weight excluding hydrogens is 490 g/mol. The van der Waals surface area contributed by atoms with E-state index in [4.69, 9.17) is 9.47 Å². The second-order valence-corrected chi connectivity index (χ2v) is 11.1. The molecule has 1 saturated heterocycles. The van der Waals surface area contributed by atoms with Crippen molar-refractivity contribution >= 4 is 11.9 Å². The average Bonchev–Trinajstić information content (AvgIpc) is 3.76. The molecule has 1 aliphatic heterocycles. The van der Waals surface area contributed by atoms with Crippen molar-refractivity contribution in [2.24, 2.45) is 5.92 Å². The molecule has 1 saturated carbocycles. The lowest BCUT2D eigenvalue weighted by Gasteiger charge is -2.48. The van der Waals surface area contributed by atoms with E-state index >= 15 is 0 Å². The number of carbonyl (C=O) groups is 2. The number of methoxy groups -OCH3 is 1. The fourth-order valence-electron chi connectivity index (χ4n) is 5.61. The van der Waals surface area contributed by atoms with E-state index in [9.17, 15) is 9.59 Å². The van der Waals surface area contributed by atoms with Crippen LogP contribution in [0, 0.1) is 5.92 Å². The van der Waals surface area contributed by atoms with Gasteiger partial charge in [-0.15, -0.1) is 0 Å². The van der Waals surface area contributed by atoms with Gasteiger partial charge in [-0.1, -0.05) is 24.3 Å². The third kappa shape index (κ3) is 8.05. The van der Waals surface area contributed by atoms with E-state index < -0.39 is 0 Å². The Hall–Kier alpha value is -2.90. The van der Waals surface area contributed by atoms with Crippen molar-refractivity contribution in [1.29, 1.82) is 0 Å². The molecule has 0 bridgehead atoms. The van der Waals surface area contributed by atoms with Crippen molar-refractivity contribution in [2.75, 3.05) is 39.9 Å². The maximum Gasteiger partial charge on any atom is 0.305 e. The molecule has 7 heteroatoms. The van der Waals surface area contributed by atoms with Gasteiger partial charge in [-0.25, -0.2) is 0 Å². The first-order valence-electron chi connectivity index (χ1n) is 14.6. The molecule has 0 aromatic heterocycles. The molecule has 3 atom stereocenters. The summed E-state index contributed by atoms with van der Waals surface area (Å²) in [5.41, 5.74) is 3.01. The number of piperazine rings is 1. The number of ether oxygens (including phenoxy) is 2. The molecule has 1 amide bonds. The number of hydrogen-bond acceptors (Lipinski definition) is 6. The number of nitrogens with one attached hydrogen (secondary N) is 1. The monoisotopic (exact) mass is 535 g/mol. The molecule has 1 aliphatic carbocycles. The molecule has 212 valence electrons. The van der Waals surface area contributed by atoms with Gasteiger partial charge in [0.05, 0.1) is 19.8 Å². The summed E-state index contributed by atoms with van der Waals surface area (Å²) in [5.74, 6) is 1.46. The second kappa shape index (κ2) is 13.9. The summed E-state index contributed by atoms with van der Waals surface area (Å²) in [4.78, 5) is 29.5. The minimum Gasteiger partial charge on any atom is -0.497 e. The van der Waals surface area contributed by atoms with Crippen molar-refractivity contribution in [1.82, 2.24) is 15.1 Å². The van der Waals surface area contributed by atoms with Gasteiger partial charge in [0.1, 0.15) is 5.75 Å². The van der Waals surface area contributed by atoms with E-state index in [1.165, 1.54) is 30.5 Å². The van der Waals surface area contributed by atoms with Crippen LogP contribution < -0.4 is 10.1 Å². The summed E-state index contributed by atoms with van der Waals surface area (Å²) in [7, 11) is 1.71. The lowest BCUT2D eigenvalue weighted by atomic mass is 9.92. The molecule has 2 aliphatic rings.